The van der Waals surface area contributed by atoms with Crippen molar-refractivity contribution < 1.29 is 12.8 Å². The Bertz CT molecular complexity index is 716. The van der Waals surface area contributed by atoms with Gasteiger partial charge in [0.25, 0.3) is 0 Å². The molecule has 0 aliphatic carbocycles. The minimum atomic E-state index is -3.61. The van der Waals surface area contributed by atoms with Crippen LogP contribution in [-0.4, -0.2) is 8.42 Å². The van der Waals surface area contributed by atoms with E-state index in [4.69, 9.17) is 11.6 Å². The lowest BCUT2D eigenvalue weighted by Gasteiger charge is -2.07. The lowest BCUT2D eigenvalue weighted by atomic mass is 10.2. The Morgan fingerprint density at radius 3 is 2.53 bits per heavy atom. The summed E-state index contributed by atoms with van der Waals surface area (Å²) in [4.78, 5) is -0.0496. The molecule has 0 aromatic heterocycles. The van der Waals surface area contributed by atoms with E-state index in [1.807, 2.05) is 0 Å². The molecular weight excluding hydrogens is 355 g/mol. The highest BCUT2D eigenvalue weighted by Crippen LogP contribution is 2.25. The van der Waals surface area contributed by atoms with Crippen molar-refractivity contribution in [3.05, 3.63) is 63.3 Å². The molecule has 19 heavy (non-hydrogen) atoms. The van der Waals surface area contributed by atoms with Gasteiger partial charge in [-0.15, -0.1) is 0 Å². The molecule has 2 aromatic carbocycles. The van der Waals surface area contributed by atoms with Gasteiger partial charge in [-0.2, -0.15) is 0 Å². The maximum atomic E-state index is 13.1. The normalized spacial score (nSPS) is 11.5. The zero-order valence-electron chi connectivity index (χ0n) is 9.61. The van der Waals surface area contributed by atoms with E-state index < -0.39 is 15.7 Å². The molecule has 0 saturated heterocycles. The second-order valence-corrected chi connectivity index (χ2v) is 7.26. The zero-order valence-corrected chi connectivity index (χ0v) is 12.8. The first kappa shape index (κ1) is 14.5. The molecule has 0 heterocycles. The number of benzene rings is 2. The van der Waals surface area contributed by atoms with Gasteiger partial charge in [0.2, 0.25) is 0 Å². The Morgan fingerprint density at radius 2 is 1.89 bits per heavy atom. The molecule has 0 radical (unpaired) electrons. The molecule has 0 aliphatic rings. The first-order valence-electron chi connectivity index (χ1n) is 5.31. The molecular formula is C13H9BrClFO2S. The van der Waals surface area contributed by atoms with Crippen LogP contribution in [0.4, 0.5) is 4.39 Å². The van der Waals surface area contributed by atoms with Crippen LogP contribution in [0.3, 0.4) is 0 Å². The van der Waals surface area contributed by atoms with Gasteiger partial charge in [0.15, 0.2) is 9.84 Å². The van der Waals surface area contributed by atoms with Crippen LogP contribution < -0.4 is 0 Å². The van der Waals surface area contributed by atoms with E-state index >= 15 is 0 Å². The fraction of sp³-hybridized carbons (Fsp3) is 0.0769. The summed E-state index contributed by atoms with van der Waals surface area (Å²) in [5, 5.41) is 0.356. The van der Waals surface area contributed by atoms with E-state index in [0.29, 0.717) is 10.6 Å². The molecule has 0 saturated carbocycles. The van der Waals surface area contributed by atoms with Crippen molar-refractivity contribution in [2.75, 3.05) is 0 Å². The summed E-state index contributed by atoms with van der Waals surface area (Å²) in [6.07, 6.45) is 0. The molecule has 0 unspecified atom stereocenters. The van der Waals surface area contributed by atoms with Crippen LogP contribution >= 0.6 is 27.5 Å². The third-order valence-corrected chi connectivity index (χ3v) is 5.02. The van der Waals surface area contributed by atoms with E-state index in [2.05, 4.69) is 15.9 Å². The van der Waals surface area contributed by atoms with Crippen LogP contribution in [0.2, 0.25) is 5.02 Å². The molecule has 100 valence electrons. The molecule has 2 rings (SSSR count). The van der Waals surface area contributed by atoms with E-state index in [1.165, 1.54) is 18.2 Å². The Hall–Kier alpha value is -0.910. The summed E-state index contributed by atoms with van der Waals surface area (Å²) in [6, 6.07) is 9.90. The van der Waals surface area contributed by atoms with Crippen molar-refractivity contribution in [1.29, 1.82) is 0 Å². The zero-order chi connectivity index (χ0) is 14.0. The fourth-order valence-electron chi connectivity index (χ4n) is 1.59. The summed E-state index contributed by atoms with van der Waals surface area (Å²) in [5.74, 6) is -0.842. The van der Waals surface area contributed by atoms with Gasteiger partial charge in [-0.25, -0.2) is 12.8 Å². The average Bonchev–Trinajstić information content (AvgIpc) is 2.33. The Kier molecular flexibility index (Phi) is 4.28. The molecule has 2 nitrogen and oxygen atoms in total. The fourth-order valence-corrected chi connectivity index (χ4v) is 3.81. The number of hydrogen-bond acceptors (Lipinski definition) is 2. The van der Waals surface area contributed by atoms with Gasteiger partial charge in [-0.05, 0) is 35.9 Å². The molecule has 0 amide bonds. The van der Waals surface area contributed by atoms with Crippen molar-refractivity contribution in [1.82, 2.24) is 0 Å². The third-order valence-electron chi connectivity index (χ3n) is 2.52. The lowest BCUT2D eigenvalue weighted by molar-refractivity contribution is 0.590. The van der Waals surface area contributed by atoms with Crippen LogP contribution in [0.5, 0.6) is 0 Å². The molecule has 0 bridgehead atoms. The first-order chi connectivity index (χ1) is 8.88. The number of halogens is 3. The maximum Gasteiger partial charge on any atom is 0.182 e. The summed E-state index contributed by atoms with van der Waals surface area (Å²) >= 11 is 9.23. The van der Waals surface area contributed by atoms with Gasteiger partial charge in [-0.1, -0.05) is 39.7 Å². The van der Waals surface area contributed by atoms with Crippen molar-refractivity contribution in [3.8, 4) is 0 Å². The monoisotopic (exact) mass is 362 g/mol. The third kappa shape index (κ3) is 3.55. The van der Waals surface area contributed by atoms with Crippen molar-refractivity contribution in [2.45, 2.75) is 10.6 Å². The quantitative estimate of drug-likeness (QED) is 0.818. The Balaban J connectivity index is 2.36. The van der Waals surface area contributed by atoms with Crippen molar-refractivity contribution >= 4 is 37.4 Å². The molecule has 0 aliphatic heterocycles. The first-order valence-corrected chi connectivity index (χ1v) is 8.13. The number of hydrogen-bond donors (Lipinski definition) is 0. The van der Waals surface area contributed by atoms with Gasteiger partial charge in [0.05, 0.1) is 10.6 Å². The van der Waals surface area contributed by atoms with Gasteiger partial charge < -0.3 is 0 Å². The SMILES string of the molecule is O=S(=O)(Cc1ccc(Br)cc1Cl)c1cccc(F)c1. The van der Waals surface area contributed by atoms with Crippen LogP contribution in [0.15, 0.2) is 51.8 Å². The summed E-state index contributed by atoms with van der Waals surface area (Å²) < 4.78 is 38.1. The van der Waals surface area contributed by atoms with Crippen molar-refractivity contribution in [3.63, 3.8) is 0 Å². The Morgan fingerprint density at radius 1 is 1.16 bits per heavy atom. The highest BCUT2D eigenvalue weighted by molar-refractivity contribution is 9.10. The predicted molar refractivity (Wildman–Crippen MR) is 76.4 cm³/mol. The van der Waals surface area contributed by atoms with E-state index in [0.717, 1.165) is 10.5 Å². The van der Waals surface area contributed by atoms with Crippen LogP contribution in [0.25, 0.3) is 0 Å². The second kappa shape index (κ2) is 5.61. The maximum absolute atomic E-state index is 13.1. The van der Waals surface area contributed by atoms with E-state index in [1.54, 1.807) is 18.2 Å². The average molecular weight is 364 g/mol. The summed E-state index contributed by atoms with van der Waals surface area (Å²) in [5.41, 5.74) is 0.481. The highest BCUT2D eigenvalue weighted by atomic mass is 79.9. The van der Waals surface area contributed by atoms with Gasteiger partial charge in [0.1, 0.15) is 5.82 Å². The van der Waals surface area contributed by atoms with Gasteiger partial charge in [-0.3, -0.25) is 0 Å². The topological polar surface area (TPSA) is 34.1 Å². The molecule has 0 N–H and O–H groups in total. The summed E-state index contributed by atoms with van der Waals surface area (Å²) in [7, 11) is -3.61. The lowest BCUT2D eigenvalue weighted by Crippen LogP contribution is -2.05. The minimum absolute atomic E-state index is 0.0496. The largest absolute Gasteiger partial charge is 0.223 e. The molecule has 0 spiro atoms. The highest BCUT2D eigenvalue weighted by Gasteiger charge is 2.17. The minimum Gasteiger partial charge on any atom is -0.223 e. The van der Waals surface area contributed by atoms with Crippen LogP contribution in [-0.2, 0) is 15.6 Å². The molecule has 0 atom stereocenters. The number of sulfone groups is 1. The molecule has 0 fully saturated rings. The van der Waals surface area contributed by atoms with Crippen molar-refractivity contribution in [2.24, 2.45) is 0 Å². The number of rotatable bonds is 3. The van der Waals surface area contributed by atoms with Gasteiger partial charge >= 0.3 is 0 Å². The predicted octanol–water partition coefficient (Wildman–Crippen LogP) is 4.22. The second-order valence-electron chi connectivity index (χ2n) is 3.95. The Labute approximate surface area is 124 Å². The summed E-state index contributed by atoms with van der Waals surface area (Å²) in [6.45, 7) is 0. The molecule has 2 aromatic rings. The van der Waals surface area contributed by atoms with Crippen LogP contribution in [0.1, 0.15) is 5.56 Å². The van der Waals surface area contributed by atoms with E-state index in [-0.39, 0.29) is 10.6 Å². The standard InChI is InChI=1S/C13H9BrClFO2S/c14-10-5-4-9(13(15)6-10)8-19(17,18)12-3-1-2-11(16)7-12/h1-7H,8H2. The van der Waals surface area contributed by atoms with Gasteiger partial charge in [0, 0.05) is 9.50 Å². The smallest absolute Gasteiger partial charge is 0.182 e. The molecule has 6 heteroatoms. The van der Waals surface area contributed by atoms with E-state index in [9.17, 15) is 12.8 Å². The van der Waals surface area contributed by atoms with Crippen LogP contribution in [0, 0.1) is 5.82 Å².